The van der Waals surface area contributed by atoms with E-state index in [1.807, 2.05) is 0 Å². The Morgan fingerprint density at radius 3 is 2.14 bits per heavy atom. The molecule has 0 bridgehead atoms. The van der Waals surface area contributed by atoms with Crippen molar-refractivity contribution in [2.24, 2.45) is 5.73 Å². The van der Waals surface area contributed by atoms with Gasteiger partial charge < -0.3 is 44.8 Å². The van der Waals surface area contributed by atoms with Gasteiger partial charge in [-0.3, -0.25) is 24.0 Å². The Kier molecular flexibility index (Phi) is 14.6. The number of carbonyl (C=O) groups excluding carboxylic acids is 5. The van der Waals surface area contributed by atoms with E-state index in [0.29, 0.717) is 25.9 Å². The van der Waals surface area contributed by atoms with E-state index in [-0.39, 0.29) is 32.3 Å². The molecule has 1 aliphatic rings. The lowest BCUT2D eigenvalue weighted by molar-refractivity contribution is -0.279. The monoisotopic (exact) mass is 519 g/mol. The molecule has 0 aromatic rings. The van der Waals surface area contributed by atoms with Gasteiger partial charge in [-0.05, 0) is 13.0 Å². The number of rotatable bonds is 15. The Labute approximate surface area is 209 Å². The zero-order chi connectivity index (χ0) is 27.1. The fourth-order valence-electron chi connectivity index (χ4n) is 3.37. The van der Waals surface area contributed by atoms with E-state index in [9.17, 15) is 24.0 Å². The van der Waals surface area contributed by atoms with Crippen molar-refractivity contribution in [3.63, 3.8) is 0 Å². The van der Waals surface area contributed by atoms with Gasteiger partial charge in [-0.25, -0.2) is 0 Å². The average Bonchev–Trinajstić information content (AvgIpc) is 2.78. The first kappa shape index (κ1) is 31.2. The molecule has 14 heteroatoms. The first-order valence-electron chi connectivity index (χ1n) is 11.6. The number of ether oxygens (including phenoxy) is 6. The topological polar surface area (TPSA) is 191 Å². The molecule has 1 heterocycles. The summed E-state index contributed by atoms with van der Waals surface area (Å²) in [5.41, 5.74) is 5.36. The van der Waals surface area contributed by atoms with Crippen LogP contribution in [0.3, 0.4) is 0 Å². The van der Waals surface area contributed by atoms with Gasteiger partial charge in [0, 0.05) is 40.7 Å². The summed E-state index contributed by atoms with van der Waals surface area (Å²) < 4.78 is 32.8. The van der Waals surface area contributed by atoms with Crippen LogP contribution in [0.25, 0.3) is 0 Å². The summed E-state index contributed by atoms with van der Waals surface area (Å²) in [4.78, 5) is 58.3. The van der Waals surface area contributed by atoms with E-state index in [2.05, 4.69) is 10.6 Å². The van der Waals surface area contributed by atoms with Crippen LogP contribution in [-0.4, -0.2) is 99.9 Å². The molecule has 0 aromatic heterocycles. The Morgan fingerprint density at radius 1 is 0.889 bits per heavy atom. The summed E-state index contributed by atoms with van der Waals surface area (Å²) in [5, 5.41) is 5.30. The molecule has 5 unspecified atom stereocenters. The molecule has 14 nitrogen and oxygen atoms in total. The molecule has 4 N–H and O–H groups in total. The number of amides is 2. The van der Waals surface area contributed by atoms with E-state index in [0.717, 1.165) is 13.8 Å². The normalized spacial score (nSPS) is 23.3. The highest BCUT2D eigenvalue weighted by Gasteiger charge is 2.51. The molecule has 1 saturated heterocycles. The Balaban J connectivity index is 2.84. The van der Waals surface area contributed by atoms with Gasteiger partial charge in [0.05, 0.1) is 19.8 Å². The van der Waals surface area contributed by atoms with Crippen LogP contribution < -0.4 is 16.4 Å². The van der Waals surface area contributed by atoms with Crippen molar-refractivity contribution < 1.29 is 52.4 Å². The molecule has 36 heavy (non-hydrogen) atoms. The lowest BCUT2D eigenvalue weighted by Gasteiger charge is -2.44. The van der Waals surface area contributed by atoms with E-state index in [1.165, 1.54) is 13.8 Å². The summed E-state index contributed by atoms with van der Waals surface area (Å²) in [5.74, 6) is -2.59. The molecule has 0 spiro atoms. The number of nitrogens with two attached hydrogens (primary N) is 1. The zero-order valence-corrected chi connectivity index (χ0v) is 21.1. The predicted molar refractivity (Wildman–Crippen MR) is 122 cm³/mol. The molecule has 1 fully saturated rings. The lowest BCUT2D eigenvalue weighted by Crippen LogP contribution is -2.66. The minimum atomic E-state index is -1.20. The maximum Gasteiger partial charge on any atom is 0.303 e. The standard InChI is InChI=1S/C22H37N3O11/c1-13(26)25-19-21(35-16(4)29)20(34-15(3)28)17(12-33-14(2)27)36-22(19)32-11-10-31-9-8-24-18(30)6-5-7-23/h17,19-22H,5-12,23H2,1-4H3,(H,24,30)(H,25,26). The van der Waals surface area contributed by atoms with Crippen LogP contribution in [0, 0.1) is 0 Å². The van der Waals surface area contributed by atoms with Crippen LogP contribution in [0.5, 0.6) is 0 Å². The van der Waals surface area contributed by atoms with Gasteiger partial charge in [0.25, 0.3) is 0 Å². The molecular formula is C22H37N3O11. The summed E-state index contributed by atoms with van der Waals surface area (Å²) >= 11 is 0. The Morgan fingerprint density at radius 2 is 1.56 bits per heavy atom. The summed E-state index contributed by atoms with van der Waals surface area (Å²) in [6.45, 7) is 5.53. The van der Waals surface area contributed by atoms with Crippen molar-refractivity contribution in [1.29, 1.82) is 0 Å². The van der Waals surface area contributed by atoms with Gasteiger partial charge in [-0.15, -0.1) is 0 Å². The molecular weight excluding hydrogens is 482 g/mol. The summed E-state index contributed by atoms with van der Waals surface area (Å²) in [6, 6.07) is -1.05. The smallest absolute Gasteiger partial charge is 0.303 e. The molecule has 1 aliphatic heterocycles. The quantitative estimate of drug-likeness (QED) is 0.129. The van der Waals surface area contributed by atoms with E-state index >= 15 is 0 Å². The van der Waals surface area contributed by atoms with Crippen molar-refractivity contribution in [2.75, 3.05) is 39.5 Å². The maximum atomic E-state index is 11.9. The molecule has 0 saturated carbocycles. The maximum absolute atomic E-state index is 11.9. The van der Waals surface area contributed by atoms with Crippen LogP contribution in [0.4, 0.5) is 0 Å². The number of esters is 3. The van der Waals surface area contributed by atoms with Crippen molar-refractivity contribution in [3.8, 4) is 0 Å². The highest BCUT2D eigenvalue weighted by molar-refractivity contribution is 5.75. The fourth-order valence-corrected chi connectivity index (χ4v) is 3.37. The molecule has 0 aromatic carbocycles. The van der Waals surface area contributed by atoms with Crippen molar-refractivity contribution in [1.82, 2.24) is 10.6 Å². The fraction of sp³-hybridized carbons (Fsp3) is 0.773. The van der Waals surface area contributed by atoms with Gasteiger partial charge in [0.1, 0.15) is 18.8 Å². The Bertz CT molecular complexity index is 749. The third-order valence-electron chi connectivity index (χ3n) is 4.76. The van der Waals surface area contributed by atoms with E-state index < -0.39 is 54.5 Å². The second kappa shape index (κ2) is 16.8. The molecule has 0 radical (unpaired) electrons. The van der Waals surface area contributed by atoms with Gasteiger partial charge in [-0.1, -0.05) is 0 Å². The first-order valence-corrected chi connectivity index (χ1v) is 11.6. The minimum absolute atomic E-state index is 0.00712. The molecule has 5 atom stereocenters. The highest BCUT2D eigenvalue weighted by Crippen LogP contribution is 2.28. The van der Waals surface area contributed by atoms with Crippen molar-refractivity contribution >= 4 is 29.7 Å². The van der Waals surface area contributed by atoms with Crippen LogP contribution >= 0.6 is 0 Å². The molecule has 1 rings (SSSR count). The molecule has 0 aliphatic carbocycles. The van der Waals surface area contributed by atoms with E-state index in [1.54, 1.807) is 0 Å². The summed E-state index contributed by atoms with van der Waals surface area (Å²) in [7, 11) is 0. The van der Waals surface area contributed by atoms with E-state index in [4.69, 9.17) is 34.2 Å². The predicted octanol–water partition coefficient (Wildman–Crippen LogP) is -1.47. The van der Waals surface area contributed by atoms with Gasteiger partial charge >= 0.3 is 17.9 Å². The number of hydrogen-bond donors (Lipinski definition) is 3. The highest BCUT2D eigenvalue weighted by atomic mass is 16.7. The van der Waals surface area contributed by atoms with Crippen LogP contribution in [0.1, 0.15) is 40.5 Å². The van der Waals surface area contributed by atoms with Crippen LogP contribution in [-0.2, 0) is 52.4 Å². The number of nitrogens with one attached hydrogen (secondary N) is 2. The minimum Gasteiger partial charge on any atom is -0.463 e. The zero-order valence-electron chi connectivity index (χ0n) is 21.1. The Hall–Kier alpha value is -2.81. The van der Waals surface area contributed by atoms with Crippen LogP contribution in [0.2, 0.25) is 0 Å². The first-order chi connectivity index (χ1) is 17.0. The third-order valence-corrected chi connectivity index (χ3v) is 4.76. The molecule has 2 amide bonds. The number of carbonyl (C=O) groups is 5. The SMILES string of the molecule is CC(=O)NC1C(OCCOCCNC(=O)CCCN)OC(COC(C)=O)C(OC(C)=O)C1OC(C)=O. The van der Waals surface area contributed by atoms with Crippen molar-refractivity contribution in [2.45, 2.75) is 71.2 Å². The van der Waals surface area contributed by atoms with Crippen molar-refractivity contribution in [3.05, 3.63) is 0 Å². The summed E-state index contributed by atoms with van der Waals surface area (Å²) in [6.07, 6.45) is -3.66. The second-order valence-electron chi connectivity index (χ2n) is 7.95. The average molecular weight is 520 g/mol. The second-order valence-corrected chi connectivity index (χ2v) is 7.95. The lowest BCUT2D eigenvalue weighted by atomic mass is 9.96. The van der Waals surface area contributed by atoms with Crippen LogP contribution in [0.15, 0.2) is 0 Å². The van der Waals surface area contributed by atoms with Gasteiger partial charge in [-0.2, -0.15) is 0 Å². The third kappa shape index (κ3) is 12.2. The van der Waals surface area contributed by atoms with Gasteiger partial charge in [0.15, 0.2) is 18.5 Å². The number of hydrogen-bond acceptors (Lipinski definition) is 12. The van der Waals surface area contributed by atoms with Gasteiger partial charge in [0.2, 0.25) is 11.8 Å². The molecule has 206 valence electrons. The largest absolute Gasteiger partial charge is 0.463 e.